The monoisotopic (exact) mass is 264 g/mol. The molecule has 1 atom stereocenters. The van der Waals surface area contributed by atoms with Crippen molar-refractivity contribution < 1.29 is 4.52 Å². The summed E-state index contributed by atoms with van der Waals surface area (Å²) < 4.78 is 9.81. The minimum absolute atomic E-state index is 0.432. The topological polar surface area (TPSA) is 38.9 Å². The zero-order chi connectivity index (χ0) is 13.1. The highest BCUT2D eigenvalue weighted by atomic mass is 32.1. The quantitative estimate of drug-likeness (QED) is 0.808. The molecule has 2 aromatic rings. The third-order valence-electron chi connectivity index (χ3n) is 3.14. The van der Waals surface area contributed by atoms with Gasteiger partial charge in [-0.3, -0.25) is 0 Å². The molecule has 0 spiro atoms. The summed E-state index contributed by atoms with van der Waals surface area (Å²) in [6.45, 7) is 8.57. The molecule has 0 fully saturated rings. The molecule has 0 saturated heterocycles. The third kappa shape index (κ3) is 3.19. The summed E-state index contributed by atoms with van der Waals surface area (Å²) in [7, 11) is 0. The number of hydrogen-bond acceptors (Lipinski definition) is 4. The van der Waals surface area contributed by atoms with Crippen molar-refractivity contribution in [3.63, 3.8) is 0 Å². The standard InChI is InChI=1S/C14H20N2OS/c1-9(2)13-8-12(17-15-13)6-5-10(3)14-7-11(4)18-16-14/h7-10H,5-6H2,1-4H3. The fourth-order valence-corrected chi connectivity index (χ4v) is 2.50. The maximum atomic E-state index is 5.35. The van der Waals surface area contributed by atoms with Gasteiger partial charge in [0, 0.05) is 17.4 Å². The summed E-state index contributed by atoms with van der Waals surface area (Å²) in [6.07, 6.45) is 1.98. The van der Waals surface area contributed by atoms with Crippen LogP contribution in [0.3, 0.4) is 0 Å². The van der Waals surface area contributed by atoms with Crippen LogP contribution in [0.15, 0.2) is 16.7 Å². The van der Waals surface area contributed by atoms with E-state index in [1.165, 1.54) is 10.6 Å². The molecule has 0 N–H and O–H groups in total. The van der Waals surface area contributed by atoms with Crippen LogP contribution in [0.25, 0.3) is 0 Å². The fourth-order valence-electron chi connectivity index (χ4n) is 1.84. The van der Waals surface area contributed by atoms with Gasteiger partial charge in [0.25, 0.3) is 0 Å². The lowest BCUT2D eigenvalue weighted by Crippen LogP contribution is -1.95. The average molecular weight is 264 g/mol. The van der Waals surface area contributed by atoms with E-state index in [1.807, 2.05) is 0 Å². The smallest absolute Gasteiger partial charge is 0.137 e. The first kappa shape index (κ1) is 13.3. The van der Waals surface area contributed by atoms with E-state index in [4.69, 9.17) is 4.52 Å². The summed E-state index contributed by atoms with van der Waals surface area (Å²) in [5.41, 5.74) is 2.24. The Hall–Kier alpha value is -1.16. The van der Waals surface area contributed by atoms with Crippen molar-refractivity contribution in [3.05, 3.63) is 34.2 Å². The van der Waals surface area contributed by atoms with Crippen molar-refractivity contribution in [3.8, 4) is 0 Å². The predicted octanol–water partition coefficient (Wildman–Crippen LogP) is 4.30. The highest BCUT2D eigenvalue weighted by molar-refractivity contribution is 7.05. The van der Waals surface area contributed by atoms with E-state index < -0.39 is 0 Å². The first-order valence-electron chi connectivity index (χ1n) is 6.45. The molecule has 2 heterocycles. The van der Waals surface area contributed by atoms with Gasteiger partial charge in [-0.1, -0.05) is 25.9 Å². The van der Waals surface area contributed by atoms with Crippen molar-refractivity contribution in [2.24, 2.45) is 0 Å². The second kappa shape index (κ2) is 5.65. The molecule has 0 aliphatic carbocycles. The second-order valence-corrected chi connectivity index (χ2v) is 6.18. The van der Waals surface area contributed by atoms with Gasteiger partial charge in [-0.2, -0.15) is 4.37 Å². The maximum absolute atomic E-state index is 5.35. The number of rotatable bonds is 5. The summed E-state index contributed by atoms with van der Waals surface area (Å²) in [6, 6.07) is 4.25. The molecule has 0 aliphatic heterocycles. The van der Waals surface area contributed by atoms with Gasteiger partial charge in [0.2, 0.25) is 0 Å². The summed E-state index contributed by atoms with van der Waals surface area (Å²) >= 11 is 1.58. The average Bonchev–Trinajstić information content (AvgIpc) is 2.94. The molecule has 4 heteroatoms. The number of aromatic nitrogens is 2. The Morgan fingerprint density at radius 2 is 2.00 bits per heavy atom. The zero-order valence-corrected chi connectivity index (χ0v) is 12.3. The predicted molar refractivity (Wildman–Crippen MR) is 74.2 cm³/mol. The second-order valence-electron chi connectivity index (χ2n) is 5.17. The molecule has 2 rings (SSSR count). The van der Waals surface area contributed by atoms with Crippen LogP contribution >= 0.6 is 11.5 Å². The van der Waals surface area contributed by atoms with E-state index in [0.717, 1.165) is 24.3 Å². The normalized spacial score (nSPS) is 13.2. The minimum atomic E-state index is 0.432. The first-order chi connectivity index (χ1) is 8.56. The highest BCUT2D eigenvalue weighted by Gasteiger charge is 2.12. The Kier molecular flexibility index (Phi) is 4.17. The van der Waals surface area contributed by atoms with Crippen LogP contribution in [0.4, 0.5) is 0 Å². The van der Waals surface area contributed by atoms with Gasteiger partial charge in [-0.05, 0) is 42.8 Å². The molecule has 0 amide bonds. The van der Waals surface area contributed by atoms with Gasteiger partial charge in [0.1, 0.15) is 5.76 Å². The highest BCUT2D eigenvalue weighted by Crippen LogP contribution is 2.23. The van der Waals surface area contributed by atoms with Gasteiger partial charge in [0.15, 0.2) is 0 Å². The molecule has 18 heavy (non-hydrogen) atoms. The van der Waals surface area contributed by atoms with Crippen LogP contribution in [0.2, 0.25) is 0 Å². The zero-order valence-electron chi connectivity index (χ0n) is 11.4. The fraction of sp³-hybridized carbons (Fsp3) is 0.571. The molecule has 0 saturated carbocycles. The van der Waals surface area contributed by atoms with Crippen molar-refractivity contribution in [2.75, 3.05) is 0 Å². The lowest BCUT2D eigenvalue weighted by Gasteiger charge is -2.05. The lowest BCUT2D eigenvalue weighted by atomic mass is 10.0. The molecule has 3 nitrogen and oxygen atoms in total. The van der Waals surface area contributed by atoms with Crippen LogP contribution in [0, 0.1) is 6.92 Å². The summed E-state index contributed by atoms with van der Waals surface area (Å²) in [5.74, 6) is 1.89. The largest absolute Gasteiger partial charge is 0.361 e. The molecule has 2 aromatic heterocycles. The first-order valence-corrected chi connectivity index (χ1v) is 7.22. The Balaban J connectivity index is 1.90. The summed E-state index contributed by atoms with van der Waals surface area (Å²) in [5, 5.41) is 4.08. The molecular weight excluding hydrogens is 244 g/mol. The van der Waals surface area contributed by atoms with E-state index in [0.29, 0.717) is 11.8 Å². The lowest BCUT2D eigenvalue weighted by molar-refractivity contribution is 0.369. The van der Waals surface area contributed by atoms with Crippen molar-refractivity contribution in [1.29, 1.82) is 0 Å². The van der Waals surface area contributed by atoms with Crippen LogP contribution in [0.1, 0.15) is 61.1 Å². The van der Waals surface area contributed by atoms with Crippen LogP contribution in [0.5, 0.6) is 0 Å². The molecule has 0 aromatic carbocycles. The van der Waals surface area contributed by atoms with E-state index in [9.17, 15) is 0 Å². The maximum Gasteiger partial charge on any atom is 0.137 e. The van der Waals surface area contributed by atoms with Crippen molar-refractivity contribution in [2.45, 2.75) is 52.4 Å². The van der Waals surface area contributed by atoms with Gasteiger partial charge < -0.3 is 4.52 Å². The number of nitrogens with zero attached hydrogens (tertiary/aromatic N) is 2. The Morgan fingerprint density at radius 1 is 1.22 bits per heavy atom. The molecule has 0 aliphatic rings. The van der Waals surface area contributed by atoms with Gasteiger partial charge >= 0.3 is 0 Å². The number of aryl methyl sites for hydroxylation is 2. The van der Waals surface area contributed by atoms with Crippen molar-refractivity contribution in [1.82, 2.24) is 9.53 Å². The van der Waals surface area contributed by atoms with E-state index in [-0.39, 0.29) is 0 Å². The molecule has 98 valence electrons. The van der Waals surface area contributed by atoms with Crippen LogP contribution in [-0.2, 0) is 6.42 Å². The van der Waals surface area contributed by atoms with Gasteiger partial charge in [-0.25, -0.2) is 0 Å². The van der Waals surface area contributed by atoms with E-state index in [2.05, 4.69) is 49.4 Å². The molecular formula is C14H20N2OS. The Labute approximate surface area is 112 Å². The Morgan fingerprint density at radius 3 is 2.56 bits per heavy atom. The van der Waals surface area contributed by atoms with Gasteiger partial charge in [0.05, 0.1) is 11.4 Å². The van der Waals surface area contributed by atoms with Gasteiger partial charge in [-0.15, -0.1) is 0 Å². The molecule has 0 bridgehead atoms. The Bertz CT molecular complexity index is 501. The molecule has 1 unspecified atom stereocenters. The molecule has 0 radical (unpaired) electrons. The number of hydrogen-bond donors (Lipinski definition) is 0. The van der Waals surface area contributed by atoms with E-state index >= 15 is 0 Å². The third-order valence-corrected chi connectivity index (χ3v) is 3.85. The SMILES string of the molecule is Cc1cc(C(C)CCc2cc(C(C)C)no2)ns1. The van der Waals surface area contributed by atoms with E-state index in [1.54, 1.807) is 11.5 Å². The van der Waals surface area contributed by atoms with Crippen LogP contribution < -0.4 is 0 Å². The van der Waals surface area contributed by atoms with Crippen LogP contribution in [-0.4, -0.2) is 9.53 Å². The van der Waals surface area contributed by atoms with Crippen molar-refractivity contribution >= 4 is 11.5 Å². The summed E-state index contributed by atoms with van der Waals surface area (Å²) in [4.78, 5) is 1.28. The minimum Gasteiger partial charge on any atom is -0.361 e.